The lowest BCUT2D eigenvalue weighted by Crippen LogP contribution is -2.28. The Morgan fingerprint density at radius 1 is 0.786 bits per heavy atom. The minimum Gasteiger partial charge on any atom is -0.492 e. The fraction of sp³-hybridized carbons (Fsp3) is 0.182. The number of benzene rings is 3. The van der Waals surface area contributed by atoms with Gasteiger partial charge in [0.15, 0.2) is 0 Å². The summed E-state index contributed by atoms with van der Waals surface area (Å²) < 4.78 is 38.6. The zero-order valence-corrected chi connectivity index (χ0v) is 16.7. The Balaban J connectivity index is 1.53. The van der Waals surface area contributed by atoms with Gasteiger partial charge in [-0.05, 0) is 73.5 Å². The van der Waals surface area contributed by atoms with E-state index in [9.17, 15) is 8.42 Å². The highest BCUT2D eigenvalue weighted by Gasteiger charge is 2.13. The summed E-state index contributed by atoms with van der Waals surface area (Å²) in [4.78, 5) is 0.180. The molecule has 0 unspecified atom stereocenters. The first kappa shape index (κ1) is 19.9. The highest BCUT2D eigenvalue weighted by atomic mass is 32.2. The summed E-state index contributed by atoms with van der Waals surface area (Å²) in [7, 11) is -3.60. The molecule has 0 fully saturated rings. The molecule has 3 aromatic carbocycles. The van der Waals surface area contributed by atoms with Gasteiger partial charge in [0.2, 0.25) is 10.0 Å². The molecule has 146 valence electrons. The first-order chi connectivity index (χ1) is 13.4. The third-order valence-corrected chi connectivity index (χ3v) is 5.73. The highest BCUT2D eigenvalue weighted by molar-refractivity contribution is 7.89. The van der Waals surface area contributed by atoms with Gasteiger partial charge in [-0.15, -0.1) is 0 Å². The first-order valence-corrected chi connectivity index (χ1v) is 10.4. The average molecular weight is 397 g/mol. The van der Waals surface area contributed by atoms with E-state index in [0.29, 0.717) is 11.5 Å². The number of ether oxygens (including phenoxy) is 2. The van der Waals surface area contributed by atoms with E-state index in [-0.39, 0.29) is 18.0 Å². The van der Waals surface area contributed by atoms with Crippen LogP contribution in [0.25, 0.3) is 0 Å². The molecule has 0 aliphatic carbocycles. The summed E-state index contributed by atoms with van der Waals surface area (Å²) in [6.07, 6.45) is 0. The maximum Gasteiger partial charge on any atom is 0.240 e. The first-order valence-electron chi connectivity index (χ1n) is 8.97. The summed E-state index contributed by atoms with van der Waals surface area (Å²) in [6, 6.07) is 21.4. The van der Waals surface area contributed by atoms with Crippen LogP contribution < -0.4 is 14.2 Å². The third-order valence-electron chi connectivity index (χ3n) is 4.25. The summed E-state index contributed by atoms with van der Waals surface area (Å²) in [6.45, 7) is 4.47. The standard InChI is InChI=1S/C22H23NO4S/c1-17-8-9-21(16-18(17)2)26-15-14-23-28(24,25)22-12-10-20(11-13-22)27-19-6-4-3-5-7-19/h3-13,16,23H,14-15H2,1-2H3. The van der Waals surface area contributed by atoms with Crippen LogP contribution >= 0.6 is 0 Å². The molecule has 3 aromatic rings. The molecule has 0 spiro atoms. The van der Waals surface area contributed by atoms with Gasteiger partial charge >= 0.3 is 0 Å². The van der Waals surface area contributed by atoms with E-state index < -0.39 is 10.0 Å². The van der Waals surface area contributed by atoms with Crippen LogP contribution in [0.3, 0.4) is 0 Å². The van der Waals surface area contributed by atoms with Gasteiger partial charge in [-0.1, -0.05) is 24.3 Å². The van der Waals surface area contributed by atoms with Crippen LogP contribution in [0, 0.1) is 13.8 Å². The zero-order chi connectivity index (χ0) is 20.0. The van der Waals surface area contributed by atoms with Crippen LogP contribution in [0.1, 0.15) is 11.1 Å². The second-order valence-corrected chi connectivity index (χ2v) is 8.15. The molecular weight excluding hydrogens is 374 g/mol. The van der Waals surface area contributed by atoms with Crippen molar-refractivity contribution < 1.29 is 17.9 Å². The summed E-state index contributed by atoms with van der Waals surface area (Å²) in [5.41, 5.74) is 2.32. The largest absolute Gasteiger partial charge is 0.492 e. The number of aryl methyl sites for hydroxylation is 2. The molecule has 0 amide bonds. The van der Waals surface area contributed by atoms with Gasteiger partial charge in [0.05, 0.1) is 4.90 Å². The fourth-order valence-corrected chi connectivity index (χ4v) is 3.56. The van der Waals surface area contributed by atoms with E-state index in [4.69, 9.17) is 9.47 Å². The van der Waals surface area contributed by atoms with Crippen LogP contribution in [0.5, 0.6) is 17.2 Å². The number of hydrogen-bond acceptors (Lipinski definition) is 4. The molecule has 0 saturated carbocycles. The molecule has 0 saturated heterocycles. The molecule has 3 rings (SSSR count). The number of sulfonamides is 1. The zero-order valence-electron chi connectivity index (χ0n) is 15.9. The molecule has 1 N–H and O–H groups in total. The van der Waals surface area contributed by atoms with Gasteiger partial charge in [-0.3, -0.25) is 0 Å². The SMILES string of the molecule is Cc1ccc(OCCNS(=O)(=O)c2ccc(Oc3ccccc3)cc2)cc1C. The van der Waals surface area contributed by atoms with Crippen molar-refractivity contribution in [3.63, 3.8) is 0 Å². The van der Waals surface area contributed by atoms with Gasteiger partial charge in [0.1, 0.15) is 23.9 Å². The predicted molar refractivity (Wildman–Crippen MR) is 110 cm³/mol. The van der Waals surface area contributed by atoms with Crippen LogP contribution in [-0.4, -0.2) is 21.6 Å². The van der Waals surface area contributed by atoms with E-state index in [1.165, 1.54) is 17.7 Å². The van der Waals surface area contributed by atoms with E-state index in [1.54, 1.807) is 12.1 Å². The summed E-state index contributed by atoms with van der Waals surface area (Å²) in [5, 5.41) is 0. The lowest BCUT2D eigenvalue weighted by atomic mass is 10.1. The molecule has 0 atom stereocenters. The number of para-hydroxylation sites is 1. The number of hydrogen-bond donors (Lipinski definition) is 1. The topological polar surface area (TPSA) is 64.6 Å². The average Bonchev–Trinajstić information content (AvgIpc) is 2.69. The smallest absolute Gasteiger partial charge is 0.240 e. The van der Waals surface area contributed by atoms with Crippen molar-refractivity contribution in [2.75, 3.05) is 13.2 Å². The van der Waals surface area contributed by atoms with Gasteiger partial charge in [-0.2, -0.15) is 0 Å². The van der Waals surface area contributed by atoms with Gasteiger partial charge in [0.25, 0.3) is 0 Å². The fourth-order valence-electron chi connectivity index (χ4n) is 2.54. The number of nitrogens with one attached hydrogen (secondary N) is 1. The molecular formula is C22H23NO4S. The van der Waals surface area contributed by atoms with Crippen molar-refractivity contribution >= 4 is 10.0 Å². The van der Waals surface area contributed by atoms with Crippen LogP contribution in [0.2, 0.25) is 0 Å². The Kier molecular flexibility index (Phi) is 6.34. The van der Waals surface area contributed by atoms with E-state index in [0.717, 1.165) is 11.3 Å². The Morgan fingerprint density at radius 3 is 2.11 bits per heavy atom. The van der Waals surface area contributed by atoms with Crippen LogP contribution in [0.15, 0.2) is 77.7 Å². The molecule has 6 heteroatoms. The second-order valence-electron chi connectivity index (χ2n) is 6.38. The molecule has 0 aliphatic heterocycles. The third kappa shape index (κ3) is 5.34. The molecule has 0 bridgehead atoms. The van der Waals surface area contributed by atoms with E-state index in [1.807, 2.05) is 62.4 Å². The maximum atomic E-state index is 12.4. The molecule has 0 radical (unpaired) electrons. The van der Waals surface area contributed by atoms with Gasteiger partial charge < -0.3 is 9.47 Å². The maximum absolute atomic E-state index is 12.4. The van der Waals surface area contributed by atoms with Crippen molar-refractivity contribution in [2.24, 2.45) is 0 Å². The van der Waals surface area contributed by atoms with Crippen molar-refractivity contribution in [1.82, 2.24) is 4.72 Å². The lowest BCUT2D eigenvalue weighted by molar-refractivity contribution is 0.322. The molecule has 0 aliphatic rings. The normalized spacial score (nSPS) is 11.2. The molecule has 0 heterocycles. The lowest BCUT2D eigenvalue weighted by Gasteiger charge is -2.10. The molecule has 28 heavy (non-hydrogen) atoms. The quantitative estimate of drug-likeness (QED) is 0.570. The van der Waals surface area contributed by atoms with E-state index in [2.05, 4.69) is 4.72 Å². The van der Waals surface area contributed by atoms with E-state index >= 15 is 0 Å². The van der Waals surface area contributed by atoms with Crippen molar-refractivity contribution in [1.29, 1.82) is 0 Å². The highest BCUT2D eigenvalue weighted by Crippen LogP contribution is 2.22. The Hall–Kier alpha value is -2.83. The van der Waals surface area contributed by atoms with Crippen molar-refractivity contribution in [2.45, 2.75) is 18.7 Å². The Morgan fingerprint density at radius 2 is 1.43 bits per heavy atom. The Labute approximate surface area is 166 Å². The minimum atomic E-state index is -3.60. The van der Waals surface area contributed by atoms with Gasteiger partial charge in [0, 0.05) is 6.54 Å². The second kappa shape index (κ2) is 8.91. The Bertz CT molecular complexity index is 1020. The summed E-state index contributed by atoms with van der Waals surface area (Å²) >= 11 is 0. The summed E-state index contributed by atoms with van der Waals surface area (Å²) in [5.74, 6) is 1.99. The number of rotatable bonds is 8. The van der Waals surface area contributed by atoms with Crippen molar-refractivity contribution in [3.8, 4) is 17.2 Å². The van der Waals surface area contributed by atoms with Crippen LogP contribution in [-0.2, 0) is 10.0 Å². The molecule has 0 aromatic heterocycles. The van der Waals surface area contributed by atoms with Gasteiger partial charge in [-0.25, -0.2) is 13.1 Å². The monoisotopic (exact) mass is 397 g/mol. The predicted octanol–water partition coefficient (Wildman–Crippen LogP) is 4.45. The van der Waals surface area contributed by atoms with Crippen molar-refractivity contribution in [3.05, 3.63) is 83.9 Å². The van der Waals surface area contributed by atoms with Crippen LogP contribution in [0.4, 0.5) is 0 Å². The molecule has 5 nitrogen and oxygen atoms in total. The minimum absolute atomic E-state index is 0.178.